The Morgan fingerprint density at radius 2 is 1.90 bits per heavy atom. The Balaban J connectivity index is 1.97. The highest BCUT2D eigenvalue weighted by Crippen LogP contribution is 2.21. The third-order valence-corrected chi connectivity index (χ3v) is 3.13. The number of rotatable bonds is 6. The van der Waals surface area contributed by atoms with E-state index < -0.39 is 0 Å². The van der Waals surface area contributed by atoms with Gasteiger partial charge in [0, 0.05) is 12.6 Å². The first-order valence-corrected chi connectivity index (χ1v) is 6.97. The van der Waals surface area contributed by atoms with E-state index in [1.54, 1.807) is 0 Å². The molecule has 0 atom stereocenters. The highest BCUT2D eigenvalue weighted by molar-refractivity contribution is 5.35. The summed E-state index contributed by atoms with van der Waals surface area (Å²) < 4.78 is 5.70. The molecule has 0 aliphatic heterocycles. The molecule has 0 radical (unpaired) electrons. The Kier molecular flexibility index (Phi) is 5.07. The molecule has 0 amide bonds. The lowest BCUT2D eigenvalue weighted by molar-refractivity contribution is 0.452. The maximum absolute atomic E-state index is 5.70. The maximum Gasteiger partial charge on any atom is 0.238 e. The van der Waals surface area contributed by atoms with Crippen LogP contribution in [-0.4, -0.2) is 16.7 Å². The van der Waals surface area contributed by atoms with Crippen LogP contribution in [0.3, 0.4) is 0 Å². The van der Waals surface area contributed by atoms with Crippen molar-refractivity contribution in [1.29, 1.82) is 0 Å². The Bertz CT molecular complexity index is 552. The van der Waals surface area contributed by atoms with Crippen LogP contribution >= 0.6 is 0 Å². The first kappa shape index (κ1) is 14.5. The zero-order valence-electron chi connectivity index (χ0n) is 12.3. The van der Waals surface area contributed by atoms with Crippen LogP contribution in [0.2, 0.25) is 0 Å². The van der Waals surface area contributed by atoms with Crippen molar-refractivity contribution in [2.45, 2.75) is 33.7 Å². The fraction of sp³-hybridized carbons (Fsp3) is 0.375. The number of aryl methyl sites for hydroxylation is 2. The lowest BCUT2D eigenvalue weighted by Gasteiger charge is -2.07. The van der Waals surface area contributed by atoms with E-state index in [0.29, 0.717) is 5.88 Å². The van der Waals surface area contributed by atoms with E-state index in [4.69, 9.17) is 4.74 Å². The predicted molar refractivity (Wildman–Crippen MR) is 80.0 cm³/mol. The molecule has 0 fully saturated rings. The molecule has 4 nitrogen and oxygen atoms in total. The number of hydrogen-bond donors (Lipinski definition) is 1. The highest BCUT2D eigenvalue weighted by atomic mass is 16.5. The molecule has 0 spiro atoms. The van der Waals surface area contributed by atoms with Gasteiger partial charge in [0.15, 0.2) is 0 Å². The molecule has 0 unspecified atom stereocenters. The van der Waals surface area contributed by atoms with E-state index in [-0.39, 0.29) is 0 Å². The van der Waals surface area contributed by atoms with Gasteiger partial charge < -0.3 is 10.1 Å². The second-order valence-corrected chi connectivity index (χ2v) is 4.89. The van der Waals surface area contributed by atoms with Gasteiger partial charge in [0.25, 0.3) is 0 Å². The molecular formula is C16H21N3O. The second kappa shape index (κ2) is 7.01. The summed E-state index contributed by atoms with van der Waals surface area (Å²) in [4.78, 5) is 0. The third-order valence-electron chi connectivity index (χ3n) is 3.13. The summed E-state index contributed by atoms with van der Waals surface area (Å²) in [5.41, 5.74) is 3.38. The van der Waals surface area contributed by atoms with Gasteiger partial charge in [0.05, 0.1) is 5.69 Å². The van der Waals surface area contributed by atoms with Crippen LogP contribution in [-0.2, 0) is 6.54 Å². The van der Waals surface area contributed by atoms with Crippen molar-refractivity contribution < 1.29 is 4.74 Å². The van der Waals surface area contributed by atoms with E-state index in [1.165, 1.54) is 11.1 Å². The average Bonchev–Trinajstić information content (AvgIpc) is 2.45. The van der Waals surface area contributed by atoms with Gasteiger partial charge in [0.2, 0.25) is 5.88 Å². The molecule has 0 aliphatic carbocycles. The zero-order valence-corrected chi connectivity index (χ0v) is 12.3. The molecule has 2 aromatic rings. The fourth-order valence-electron chi connectivity index (χ4n) is 1.79. The van der Waals surface area contributed by atoms with E-state index in [1.807, 2.05) is 30.3 Å². The van der Waals surface area contributed by atoms with Gasteiger partial charge in [-0.3, -0.25) is 0 Å². The lowest BCUT2D eigenvalue weighted by Crippen LogP contribution is -2.15. The first-order valence-electron chi connectivity index (χ1n) is 6.97. The van der Waals surface area contributed by atoms with Gasteiger partial charge in [0.1, 0.15) is 5.75 Å². The summed E-state index contributed by atoms with van der Waals surface area (Å²) in [6, 6.07) is 9.78. The van der Waals surface area contributed by atoms with E-state index in [0.717, 1.165) is 31.0 Å². The molecular weight excluding hydrogens is 250 g/mol. The summed E-state index contributed by atoms with van der Waals surface area (Å²) in [7, 11) is 0. The quantitative estimate of drug-likeness (QED) is 0.818. The van der Waals surface area contributed by atoms with Crippen LogP contribution in [0.25, 0.3) is 0 Å². The van der Waals surface area contributed by atoms with Crippen molar-refractivity contribution in [3.05, 3.63) is 47.2 Å². The van der Waals surface area contributed by atoms with Crippen LogP contribution in [0.4, 0.5) is 0 Å². The van der Waals surface area contributed by atoms with Crippen molar-refractivity contribution in [3.63, 3.8) is 0 Å². The standard InChI is InChI=1S/C16H21N3O/c1-4-9-17-11-14-6-8-16(19-18-14)20-15-7-5-12(2)13(3)10-15/h5-8,10,17H,4,9,11H2,1-3H3. The molecule has 0 saturated heterocycles. The molecule has 2 rings (SSSR count). The number of hydrogen-bond acceptors (Lipinski definition) is 4. The Hall–Kier alpha value is -1.94. The highest BCUT2D eigenvalue weighted by Gasteiger charge is 2.02. The van der Waals surface area contributed by atoms with E-state index in [2.05, 4.69) is 36.3 Å². The maximum atomic E-state index is 5.70. The molecule has 1 N–H and O–H groups in total. The molecule has 1 aromatic carbocycles. The normalized spacial score (nSPS) is 10.6. The Morgan fingerprint density at radius 3 is 2.55 bits per heavy atom. The zero-order chi connectivity index (χ0) is 14.4. The summed E-state index contributed by atoms with van der Waals surface area (Å²) in [5.74, 6) is 1.31. The van der Waals surface area contributed by atoms with Crippen molar-refractivity contribution >= 4 is 0 Å². The summed E-state index contributed by atoms with van der Waals surface area (Å²) >= 11 is 0. The minimum absolute atomic E-state index is 0.521. The molecule has 20 heavy (non-hydrogen) atoms. The summed E-state index contributed by atoms with van der Waals surface area (Å²) in [6.07, 6.45) is 1.11. The number of benzene rings is 1. The number of ether oxygens (including phenoxy) is 1. The monoisotopic (exact) mass is 271 g/mol. The Morgan fingerprint density at radius 1 is 1.05 bits per heavy atom. The van der Waals surface area contributed by atoms with Crippen LogP contribution in [0.1, 0.15) is 30.2 Å². The molecule has 4 heteroatoms. The average molecular weight is 271 g/mol. The van der Waals surface area contributed by atoms with E-state index in [9.17, 15) is 0 Å². The van der Waals surface area contributed by atoms with Gasteiger partial charge in [-0.15, -0.1) is 5.10 Å². The minimum Gasteiger partial charge on any atom is -0.438 e. The summed E-state index contributed by atoms with van der Waals surface area (Å²) in [5, 5.41) is 11.5. The smallest absolute Gasteiger partial charge is 0.238 e. The van der Waals surface area contributed by atoms with Crippen molar-refractivity contribution in [1.82, 2.24) is 15.5 Å². The second-order valence-electron chi connectivity index (χ2n) is 4.89. The van der Waals surface area contributed by atoms with Crippen molar-refractivity contribution in [2.24, 2.45) is 0 Å². The number of nitrogens with zero attached hydrogens (tertiary/aromatic N) is 2. The number of nitrogens with one attached hydrogen (secondary N) is 1. The van der Waals surface area contributed by atoms with Crippen molar-refractivity contribution in [2.75, 3.05) is 6.54 Å². The molecule has 0 aliphatic rings. The van der Waals surface area contributed by atoms with Crippen LogP contribution in [0, 0.1) is 13.8 Å². The molecule has 106 valence electrons. The van der Waals surface area contributed by atoms with E-state index >= 15 is 0 Å². The van der Waals surface area contributed by atoms with Gasteiger partial charge in [-0.1, -0.05) is 13.0 Å². The van der Waals surface area contributed by atoms with Gasteiger partial charge >= 0.3 is 0 Å². The largest absolute Gasteiger partial charge is 0.438 e. The lowest BCUT2D eigenvalue weighted by atomic mass is 10.1. The van der Waals surface area contributed by atoms with Crippen molar-refractivity contribution in [3.8, 4) is 11.6 Å². The van der Waals surface area contributed by atoms with Gasteiger partial charge in [-0.25, -0.2) is 0 Å². The SMILES string of the molecule is CCCNCc1ccc(Oc2ccc(C)c(C)c2)nn1. The molecule has 1 heterocycles. The van der Waals surface area contributed by atoms with Crippen LogP contribution < -0.4 is 10.1 Å². The summed E-state index contributed by atoms with van der Waals surface area (Å²) in [6.45, 7) is 8.01. The first-order chi connectivity index (χ1) is 9.69. The molecule has 1 aromatic heterocycles. The van der Waals surface area contributed by atoms with Gasteiger partial charge in [-0.05, 0) is 56.1 Å². The fourth-order valence-corrected chi connectivity index (χ4v) is 1.79. The topological polar surface area (TPSA) is 47.0 Å². The number of aromatic nitrogens is 2. The third kappa shape index (κ3) is 4.03. The Labute approximate surface area is 120 Å². The van der Waals surface area contributed by atoms with Crippen LogP contribution in [0.5, 0.6) is 11.6 Å². The van der Waals surface area contributed by atoms with Crippen LogP contribution in [0.15, 0.2) is 30.3 Å². The van der Waals surface area contributed by atoms with Gasteiger partial charge in [-0.2, -0.15) is 5.10 Å². The predicted octanol–water partition coefficient (Wildman–Crippen LogP) is 3.39. The molecule has 0 saturated carbocycles. The minimum atomic E-state index is 0.521. The molecule has 0 bridgehead atoms.